The molecule has 0 saturated carbocycles. The minimum absolute atomic E-state index is 0.219. The fraction of sp³-hybridized carbons (Fsp3) is 0.0667. The second-order valence-electron chi connectivity index (χ2n) is 4.13. The highest BCUT2D eigenvalue weighted by Crippen LogP contribution is 2.26. The molecule has 0 heterocycles. The van der Waals surface area contributed by atoms with Gasteiger partial charge in [-0.25, -0.2) is 9.59 Å². The lowest BCUT2D eigenvalue weighted by molar-refractivity contribution is 0.0602. The summed E-state index contributed by atoms with van der Waals surface area (Å²) in [6, 6.07) is 10.8. The van der Waals surface area contributed by atoms with Gasteiger partial charge < -0.3 is 9.47 Å². The zero-order chi connectivity index (χ0) is 16.1. The van der Waals surface area contributed by atoms with Crippen LogP contribution in [0.15, 0.2) is 42.5 Å². The molecule has 1 amide bonds. The topological polar surface area (TPSA) is 64.6 Å². The lowest BCUT2D eigenvalue weighted by Crippen LogP contribution is -2.19. The molecule has 0 fully saturated rings. The van der Waals surface area contributed by atoms with E-state index in [2.05, 4.69) is 10.1 Å². The summed E-state index contributed by atoms with van der Waals surface area (Å²) in [7, 11) is 1.26. The molecule has 2 aromatic rings. The normalized spacial score (nSPS) is 9.95. The van der Waals surface area contributed by atoms with Crippen LogP contribution in [0.25, 0.3) is 0 Å². The third-order valence-corrected chi connectivity index (χ3v) is 3.41. The Morgan fingerprint density at radius 3 is 2.45 bits per heavy atom. The number of esters is 1. The molecule has 5 nitrogen and oxygen atoms in total. The highest BCUT2D eigenvalue weighted by Gasteiger charge is 2.14. The smallest absolute Gasteiger partial charge is 0.417 e. The maximum Gasteiger partial charge on any atom is 0.417 e. The summed E-state index contributed by atoms with van der Waals surface area (Å²) < 4.78 is 9.72. The van der Waals surface area contributed by atoms with E-state index in [9.17, 15) is 9.59 Å². The SMILES string of the molecule is COC(=O)c1ccccc1NC(=O)Oc1ccc(Cl)c(Cl)c1. The van der Waals surface area contributed by atoms with Gasteiger partial charge in [0.1, 0.15) is 5.75 Å². The first-order valence-electron chi connectivity index (χ1n) is 6.12. The van der Waals surface area contributed by atoms with Gasteiger partial charge in [0.15, 0.2) is 0 Å². The fourth-order valence-corrected chi connectivity index (χ4v) is 1.95. The van der Waals surface area contributed by atoms with Gasteiger partial charge in [-0.15, -0.1) is 0 Å². The molecule has 0 bridgehead atoms. The standard InChI is InChI=1S/C15H11Cl2NO4/c1-21-14(19)10-4-2-3-5-13(10)18-15(20)22-9-6-7-11(16)12(17)8-9/h2-8H,1H3,(H,18,20). The van der Waals surface area contributed by atoms with Crippen molar-refractivity contribution in [3.8, 4) is 5.75 Å². The molecule has 0 aliphatic heterocycles. The summed E-state index contributed by atoms with van der Waals surface area (Å²) >= 11 is 11.6. The van der Waals surface area contributed by atoms with E-state index in [-0.39, 0.29) is 22.0 Å². The van der Waals surface area contributed by atoms with Crippen molar-refractivity contribution >= 4 is 41.0 Å². The number of methoxy groups -OCH3 is 1. The third kappa shape index (κ3) is 3.90. The maximum absolute atomic E-state index is 11.9. The number of carbonyl (C=O) groups is 2. The van der Waals surface area contributed by atoms with Gasteiger partial charge in [-0.3, -0.25) is 5.32 Å². The van der Waals surface area contributed by atoms with Crippen molar-refractivity contribution in [1.29, 1.82) is 0 Å². The molecule has 2 aromatic carbocycles. The molecule has 7 heteroatoms. The largest absolute Gasteiger partial charge is 0.465 e. The van der Waals surface area contributed by atoms with Crippen LogP contribution in [0.5, 0.6) is 5.75 Å². The Balaban J connectivity index is 2.12. The molecule has 0 aliphatic carbocycles. The molecular weight excluding hydrogens is 329 g/mol. The van der Waals surface area contributed by atoms with Gasteiger partial charge in [0.2, 0.25) is 0 Å². The molecule has 0 radical (unpaired) electrons. The van der Waals surface area contributed by atoms with Gasteiger partial charge in [0, 0.05) is 6.07 Å². The first-order valence-corrected chi connectivity index (χ1v) is 6.88. The monoisotopic (exact) mass is 339 g/mol. The second-order valence-corrected chi connectivity index (χ2v) is 4.94. The van der Waals surface area contributed by atoms with Crippen LogP contribution in [-0.4, -0.2) is 19.2 Å². The Kier molecular flexibility index (Phi) is 5.25. The molecule has 0 saturated heterocycles. The van der Waals surface area contributed by atoms with Gasteiger partial charge in [-0.2, -0.15) is 0 Å². The van der Waals surface area contributed by atoms with Crippen molar-refractivity contribution in [2.75, 3.05) is 12.4 Å². The predicted octanol–water partition coefficient (Wildman–Crippen LogP) is 4.39. The highest BCUT2D eigenvalue weighted by molar-refractivity contribution is 6.42. The van der Waals surface area contributed by atoms with E-state index < -0.39 is 12.1 Å². The van der Waals surface area contributed by atoms with Gasteiger partial charge in [0.05, 0.1) is 28.4 Å². The van der Waals surface area contributed by atoms with Gasteiger partial charge in [-0.1, -0.05) is 35.3 Å². The van der Waals surface area contributed by atoms with E-state index in [0.717, 1.165) is 0 Å². The summed E-state index contributed by atoms with van der Waals surface area (Å²) in [5.41, 5.74) is 0.496. The van der Waals surface area contributed by atoms with Crippen LogP contribution in [0.2, 0.25) is 10.0 Å². The molecular formula is C15H11Cl2NO4. The number of amides is 1. The van der Waals surface area contributed by atoms with Crippen LogP contribution in [0.4, 0.5) is 10.5 Å². The van der Waals surface area contributed by atoms with Gasteiger partial charge in [-0.05, 0) is 24.3 Å². The second kappa shape index (κ2) is 7.15. The number of hydrogen-bond acceptors (Lipinski definition) is 4. The molecule has 0 unspecified atom stereocenters. The number of halogens is 2. The lowest BCUT2D eigenvalue weighted by Gasteiger charge is -2.10. The molecule has 0 aliphatic rings. The highest BCUT2D eigenvalue weighted by atomic mass is 35.5. The van der Waals surface area contributed by atoms with Crippen LogP contribution < -0.4 is 10.1 Å². The predicted molar refractivity (Wildman–Crippen MR) is 83.9 cm³/mol. The molecule has 2 rings (SSSR count). The number of anilines is 1. The third-order valence-electron chi connectivity index (χ3n) is 2.67. The number of hydrogen-bond donors (Lipinski definition) is 1. The fourth-order valence-electron chi connectivity index (χ4n) is 1.66. The minimum atomic E-state index is -0.769. The summed E-state index contributed by atoms with van der Waals surface area (Å²) in [5, 5.41) is 3.09. The van der Waals surface area contributed by atoms with Crippen molar-refractivity contribution in [1.82, 2.24) is 0 Å². The number of para-hydroxylation sites is 1. The molecule has 0 aromatic heterocycles. The van der Waals surface area contributed by atoms with E-state index in [1.165, 1.54) is 31.4 Å². The van der Waals surface area contributed by atoms with E-state index in [4.69, 9.17) is 27.9 Å². The molecule has 114 valence electrons. The number of rotatable bonds is 3. The first-order chi connectivity index (χ1) is 10.5. The van der Waals surface area contributed by atoms with E-state index >= 15 is 0 Å². The number of carbonyl (C=O) groups excluding carboxylic acids is 2. The zero-order valence-electron chi connectivity index (χ0n) is 11.4. The van der Waals surface area contributed by atoms with Crippen molar-refractivity contribution in [3.63, 3.8) is 0 Å². The van der Waals surface area contributed by atoms with Crippen molar-refractivity contribution in [3.05, 3.63) is 58.1 Å². The summed E-state index contributed by atoms with van der Waals surface area (Å²) in [6.45, 7) is 0. The van der Waals surface area contributed by atoms with Crippen LogP contribution in [0.3, 0.4) is 0 Å². The Hall–Kier alpha value is -2.24. The average Bonchev–Trinajstić information content (AvgIpc) is 2.50. The van der Waals surface area contributed by atoms with Crippen LogP contribution in [-0.2, 0) is 4.74 Å². The Morgan fingerprint density at radius 2 is 1.77 bits per heavy atom. The number of ether oxygens (including phenoxy) is 2. The first kappa shape index (κ1) is 16.1. The van der Waals surface area contributed by atoms with Crippen molar-refractivity contribution in [2.45, 2.75) is 0 Å². The van der Waals surface area contributed by atoms with E-state index in [0.29, 0.717) is 5.02 Å². The van der Waals surface area contributed by atoms with Crippen LogP contribution >= 0.6 is 23.2 Å². The molecule has 0 spiro atoms. The van der Waals surface area contributed by atoms with Gasteiger partial charge >= 0.3 is 12.1 Å². The molecule has 0 atom stereocenters. The summed E-state index contributed by atoms with van der Waals surface area (Å²) in [5.74, 6) is -0.340. The van der Waals surface area contributed by atoms with E-state index in [1.54, 1.807) is 18.2 Å². The van der Waals surface area contributed by atoms with Crippen LogP contribution in [0, 0.1) is 0 Å². The summed E-state index contributed by atoms with van der Waals surface area (Å²) in [4.78, 5) is 23.5. The Morgan fingerprint density at radius 1 is 1.05 bits per heavy atom. The molecule has 1 N–H and O–H groups in total. The van der Waals surface area contributed by atoms with Crippen molar-refractivity contribution in [2.24, 2.45) is 0 Å². The lowest BCUT2D eigenvalue weighted by atomic mass is 10.2. The Labute approximate surface area is 136 Å². The number of benzene rings is 2. The zero-order valence-corrected chi connectivity index (χ0v) is 12.9. The molecule has 22 heavy (non-hydrogen) atoms. The quantitative estimate of drug-likeness (QED) is 0.842. The van der Waals surface area contributed by atoms with Crippen LogP contribution in [0.1, 0.15) is 10.4 Å². The Bertz CT molecular complexity index is 718. The van der Waals surface area contributed by atoms with Gasteiger partial charge in [0.25, 0.3) is 0 Å². The number of nitrogens with one attached hydrogen (secondary N) is 1. The minimum Gasteiger partial charge on any atom is -0.465 e. The van der Waals surface area contributed by atoms with Crippen molar-refractivity contribution < 1.29 is 19.1 Å². The van der Waals surface area contributed by atoms with E-state index in [1.807, 2.05) is 0 Å². The summed E-state index contributed by atoms with van der Waals surface area (Å²) in [6.07, 6.45) is -0.769. The average molecular weight is 340 g/mol. The maximum atomic E-state index is 11.9.